The number of amides is 2. The third kappa shape index (κ3) is 3.71. The number of halogens is 2. The van der Waals surface area contributed by atoms with E-state index in [1.54, 1.807) is 30.3 Å². The number of nitrogens with zero attached hydrogens (tertiary/aromatic N) is 1. The van der Waals surface area contributed by atoms with Crippen LogP contribution in [-0.2, 0) is 0 Å². The monoisotopic (exact) mass is 421 g/mol. The van der Waals surface area contributed by atoms with E-state index in [1.165, 1.54) is 4.90 Å². The van der Waals surface area contributed by atoms with E-state index in [1.807, 2.05) is 49.4 Å². The standard InChI is InChI=1S/C24H17Cl2NO2/c1-15(12-13-27-23(28)20-4-2-3-5-21(20)24(27)29)16-6-8-17(9-7-16)19-11-10-18(25)14-22(19)26/h2-12,14H,13H2,1H3. The molecule has 3 aromatic carbocycles. The molecular formula is C24H17Cl2NO2. The number of hydrogen-bond donors (Lipinski definition) is 0. The van der Waals surface area contributed by atoms with Crippen LogP contribution in [0.5, 0.6) is 0 Å². The second-order valence-electron chi connectivity index (χ2n) is 6.86. The van der Waals surface area contributed by atoms with Crippen molar-refractivity contribution in [3.05, 3.63) is 99.5 Å². The quantitative estimate of drug-likeness (QED) is 0.459. The predicted molar refractivity (Wildman–Crippen MR) is 117 cm³/mol. The summed E-state index contributed by atoms with van der Waals surface area (Å²) < 4.78 is 0. The molecule has 0 radical (unpaired) electrons. The minimum absolute atomic E-state index is 0.239. The van der Waals surface area contributed by atoms with Crippen molar-refractivity contribution in [1.29, 1.82) is 0 Å². The molecule has 0 atom stereocenters. The van der Waals surface area contributed by atoms with E-state index in [2.05, 4.69) is 0 Å². The predicted octanol–water partition coefficient (Wildman–Crippen LogP) is 6.36. The number of hydrogen-bond acceptors (Lipinski definition) is 2. The van der Waals surface area contributed by atoms with Crippen molar-refractivity contribution in [2.45, 2.75) is 6.92 Å². The lowest BCUT2D eigenvalue weighted by molar-refractivity contribution is 0.0672. The molecule has 0 aliphatic carbocycles. The molecule has 29 heavy (non-hydrogen) atoms. The topological polar surface area (TPSA) is 37.4 Å². The van der Waals surface area contributed by atoms with Gasteiger partial charge < -0.3 is 0 Å². The molecule has 4 rings (SSSR count). The van der Waals surface area contributed by atoms with Crippen LogP contribution in [-0.4, -0.2) is 23.3 Å². The SMILES string of the molecule is CC(=CCN1C(=O)c2ccccc2C1=O)c1ccc(-c2ccc(Cl)cc2Cl)cc1. The Kier molecular flexibility index (Phi) is 5.27. The molecule has 0 unspecified atom stereocenters. The van der Waals surface area contributed by atoms with Gasteiger partial charge in [0.25, 0.3) is 11.8 Å². The second-order valence-corrected chi connectivity index (χ2v) is 7.70. The smallest absolute Gasteiger partial charge is 0.261 e. The normalized spacial score (nSPS) is 13.8. The fourth-order valence-corrected chi connectivity index (χ4v) is 3.90. The molecule has 0 bridgehead atoms. The van der Waals surface area contributed by atoms with E-state index in [0.717, 1.165) is 22.3 Å². The zero-order chi connectivity index (χ0) is 20.5. The zero-order valence-electron chi connectivity index (χ0n) is 15.7. The molecule has 0 saturated heterocycles. The highest BCUT2D eigenvalue weighted by atomic mass is 35.5. The maximum Gasteiger partial charge on any atom is 0.261 e. The van der Waals surface area contributed by atoms with Gasteiger partial charge in [-0.05, 0) is 47.9 Å². The summed E-state index contributed by atoms with van der Waals surface area (Å²) >= 11 is 12.3. The van der Waals surface area contributed by atoms with E-state index < -0.39 is 0 Å². The first-order chi connectivity index (χ1) is 14.0. The summed E-state index contributed by atoms with van der Waals surface area (Å²) in [5, 5.41) is 1.20. The largest absolute Gasteiger partial charge is 0.270 e. The lowest BCUT2D eigenvalue weighted by Crippen LogP contribution is -2.29. The van der Waals surface area contributed by atoms with Crippen LogP contribution < -0.4 is 0 Å². The van der Waals surface area contributed by atoms with Crippen LogP contribution in [0.2, 0.25) is 10.0 Å². The Bertz CT molecular complexity index is 1110. The molecule has 5 heteroatoms. The van der Waals surface area contributed by atoms with Gasteiger partial charge in [0, 0.05) is 22.2 Å². The fourth-order valence-electron chi connectivity index (χ4n) is 3.39. The van der Waals surface area contributed by atoms with E-state index in [-0.39, 0.29) is 18.4 Å². The minimum Gasteiger partial charge on any atom is -0.270 e. The van der Waals surface area contributed by atoms with Crippen molar-refractivity contribution < 1.29 is 9.59 Å². The van der Waals surface area contributed by atoms with Gasteiger partial charge in [0.05, 0.1) is 11.1 Å². The number of benzene rings is 3. The van der Waals surface area contributed by atoms with Gasteiger partial charge in [0.15, 0.2) is 0 Å². The first-order valence-electron chi connectivity index (χ1n) is 9.13. The number of carbonyl (C=O) groups excluding carboxylic acids is 2. The van der Waals surface area contributed by atoms with E-state index >= 15 is 0 Å². The molecule has 2 amide bonds. The third-order valence-corrected chi connectivity index (χ3v) is 5.59. The maximum absolute atomic E-state index is 12.5. The summed E-state index contributed by atoms with van der Waals surface area (Å²) in [6, 6.07) is 20.3. The minimum atomic E-state index is -0.248. The number of fused-ring (bicyclic) bond motifs is 1. The van der Waals surface area contributed by atoms with Crippen molar-refractivity contribution in [2.24, 2.45) is 0 Å². The summed E-state index contributed by atoms with van der Waals surface area (Å²) in [4.78, 5) is 26.2. The summed E-state index contributed by atoms with van der Waals surface area (Å²) in [7, 11) is 0. The second kappa shape index (κ2) is 7.86. The van der Waals surface area contributed by atoms with E-state index in [0.29, 0.717) is 21.2 Å². The Morgan fingerprint density at radius 3 is 2.07 bits per heavy atom. The van der Waals surface area contributed by atoms with Gasteiger partial charge in [-0.15, -0.1) is 0 Å². The Morgan fingerprint density at radius 2 is 1.48 bits per heavy atom. The zero-order valence-corrected chi connectivity index (χ0v) is 17.2. The van der Waals surface area contributed by atoms with Crippen LogP contribution in [0.25, 0.3) is 16.7 Å². The number of allylic oxidation sites excluding steroid dienone is 1. The molecule has 0 saturated carbocycles. The maximum atomic E-state index is 12.5. The summed E-state index contributed by atoms with van der Waals surface area (Å²) in [5.74, 6) is -0.496. The average Bonchev–Trinajstić information content (AvgIpc) is 2.97. The van der Waals surface area contributed by atoms with Crippen LogP contribution in [0.15, 0.2) is 72.8 Å². The number of carbonyl (C=O) groups is 2. The van der Waals surface area contributed by atoms with Crippen molar-refractivity contribution in [3.63, 3.8) is 0 Å². The summed E-state index contributed by atoms with van der Waals surface area (Å²) in [6.45, 7) is 2.20. The highest BCUT2D eigenvalue weighted by Crippen LogP contribution is 2.31. The van der Waals surface area contributed by atoms with Gasteiger partial charge in [-0.2, -0.15) is 0 Å². The molecular weight excluding hydrogens is 405 g/mol. The van der Waals surface area contributed by atoms with Crippen LogP contribution in [0.1, 0.15) is 33.2 Å². The number of imide groups is 1. The van der Waals surface area contributed by atoms with Crippen LogP contribution >= 0.6 is 23.2 Å². The van der Waals surface area contributed by atoms with Gasteiger partial charge in [-0.3, -0.25) is 14.5 Å². The number of rotatable bonds is 4. The molecule has 0 aromatic heterocycles. The molecule has 0 fully saturated rings. The van der Waals surface area contributed by atoms with E-state index in [4.69, 9.17) is 23.2 Å². The molecule has 1 aliphatic rings. The first kappa shape index (κ1) is 19.4. The van der Waals surface area contributed by atoms with Gasteiger partial charge in [0.2, 0.25) is 0 Å². The highest BCUT2D eigenvalue weighted by molar-refractivity contribution is 6.36. The third-order valence-electron chi connectivity index (χ3n) is 5.04. The summed E-state index contributed by atoms with van der Waals surface area (Å²) in [6.07, 6.45) is 1.89. The molecule has 0 N–H and O–H groups in total. The Morgan fingerprint density at radius 1 is 0.862 bits per heavy atom. The Hall–Kier alpha value is -2.88. The average molecular weight is 422 g/mol. The highest BCUT2D eigenvalue weighted by Gasteiger charge is 2.34. The molecule has 0 spiro atoms. The van der Waals surface area contributed by atoms with Crippen LogP contribution in [0, 0.1) is 0 Å². The molecule has 144 valence electrons. The Balaban J connectivity index is 1.51. The van der Waals surface area contributed by atoms with E-state index in [9.17, 15) is 9.59 Å². The van der Waals surface area contributed by atoms with Gasteiger partial charge in [0.1, 0.15) is 0 Å². The molecule has 3 nitrogen and oxygen atoms in total. The molecule has 1 heterocycles. The summed E-state index contributed by atoms with van der Waals surface area (Å²) in [5.41, 5.74) is 4.82. The Labute approximate surface area is 179 Å². The van der Waals surface area contributed by atoms with Gasteiger partial charge in [-0.25, -0.2) is 0 Å². The molecule has 1 aliphatic heterocycles. The van der Waals surface area contributed by atoms with Crippen molar-refractivity contribution >= 4 is 40.6 Å². The lowest BCUT2D eigenvalue weighted by atomic mass is 10.0. The van der Waals surface area contributed by atoms with Crippen LogP contribution in [0.4, 0.5) is 0 Å². The van der Waals surface area contributed by atoms with Crippen LogP contribution in [0.3, 0.4) is 0 Å². The van der Waals surface area contributed by atoms with Gasteiger partial charge >= 0.3 is 0 Å². The van der Waals surface area contributed by atoms with Crippen molar-refractivity contribution in [3.8, 4) is 11.1 Å². The lowest BCUT2D eigenvalue weighted by Gasteiger charge is -2.12. The fraction of sp³-hybridized carbons (Fsp3) is 0.0833. The molecule has 3 aromatic rings. The van der Waals surface area contributed by atoms with Crippen molar-refractivity contribution in [2.75, 3.05) is 6.54 Å². The van der Waals surface area contributed by atoms with Gasteiger partial charge in [-0.1, -0.05) is 71.7 Å². The van der Waals surface area contributed by atoms with Crippen molar-refractivity contribution in [1.82, 2.24) is 4.90 Å². The first-order valence-corrected chi connectivity index (χ1v) is 9.89.